The van der Waals surface area contributed by atoms with Gasteiger partial charge in [0.25, 0.3) is 0 Å². The van der Waals surface area contributed by atoms with Crippen molar-refractivity contribution in [2.24, 2.45) is 0 Å². The summed E-state index contributed by atoms with van der Waals surface area (Å²) in [5, 5.41) is 0. The lowest BCUT2D eigenvalue weighted by Gasteiger charge is -2.35. The lowest BCUT2D eigenvalue weighted by molar-refractivity contribution is -0.923. The van der Waals surface area contributed by atoms with Crippen molar-refractivity contribution in [3.8, 4) is 0 Å². The van der Waals surface area contributed by atoms with Gasteiger partial charge in [-0.3, -0.25) is 0 Å². The van der Waals surface area contributed by atoms with Gasteiger partial charge in [-0.25, -0.2) is 0 Å². The Labute approximate surface area is 247 Å². The quantitative estimate of drug-likeness (QED) is 0.0722. The average Bonchev–Trinajstić information content (AvgIpc) is 2.90. The van der Waals surface area contributed by atoms with Crippen LogP contribution in [0.1, 0.15) is 174 Å². The summed E-state index contributed by atoms with van der Waals surface area (Å²) >= 11 is 0. The molecule has 0 saturated carbocycles. The van der Waals surface area contributed by atoms with Crippen molar-refractivity contribution >= 4 is 0 Å². The predicted octanol–water partition coefficient (Wildman–Crippen LogP) is 9.04. The molecule has 38 heavy (non-hydrogen) atoms. The highest BCUT2D eigenvalue weighted by Crippen LogP contribution is 2.19. The molecule has 0 amide bonds. The van der Waals surface area contributed by atoms with E-state index in [4.69, 9.17) is 0 Å². The van der Waals surface area contributed by atoms with E-state index in [0.717, 1.165) is 0 Å². The summed E-state index contributed by atoms with van der Waals surface area (Å²) in [5.41, 5.74) is 1.52. The van der Waals surface area contributed by atoms with Crippen LogP contribution in [0.25, 0.3) is 0 Å². The summed E-state index contributed by atoms with van der Waals surface area (Å²) in [7, 11) is 2.53. The van der Waals surface area contributed by atoms with Crippen molar-refractivity contribution in [2.45, 2.75) is 174 Å². The van der Waals surface area contributed by atoms with Crippen molar-refractivity contribution < 1.29 is 16.9 Å². The van der Waals surface area contributed by atoms with Crippen molar-refractivity contribution in [3.05, 3.63) is 35.9 Å². The maximum absolute atomic E-state index is 2.53. The zero-order valence-electron chi connectivity index (χ0n) is 26.3. The number of unbranched alkanes of at least 4 members (excludes halogenated alkanes) is 22. The second-order valence-electron chi connectivity index (χ2n) is 12.5. The third kappa shape index (κ3) is 23.4. The van der Waals surface area contributed by atoms with Crippen LogP contribution in [0.5, 0.6) is 0 Å². The fraction of sp³-hybridized carbons (Fsp3) is 0.833. The molecule has 0 aliphatic rings. The van der Waals surface area contributed by atoms with Gasteiger partial charge >= 0.3 is 0 Å². The molecule has 1 nitrogen and oxygen atoms in total. The van der Waals surface area contributed by atoms with E-state index in [1.54, 1.807) is 0 Å². The van der Waals surface area contributed by atoms with Crippen LogP contribution in [0, 0.1) is 0 Å². The molecule has 0 atom stereocenters. The highest BCUT2D eigenvalue weighted by molar-refractivity contribution is 5.13. The van der Waals surface area contributed by atoms with Crippen LogP contribution in [-0.4, -0.2) is 24.6 Å². The zero-order chi connectivity index (χ0) is 26.7. The summed E-state index contributed by atoms with van der Waals surface area (Å²) in [6.07, 6.45) is 34.6. The molecule has 0 unspecified atom stereocenters. The normalized spacial score (nSPS) is 11.6. The molecule has 2 heteroatoms. The first kappa shape index (κ1) is 37.5. The first-order valence-corrected chi connectivity index (χ1v) is 17.1. The number of quaternary nitrogens is 1. The smallest absolute Gasteiger partial charge is 0.104 e. The van der Waals surface area contributed by atoms with Gasteiger partial charge in [0.2, 0.25) is 0 Å². The second kappa shape index (κ2) is 28.0. The van der Waals surface area contributed by atoms with Gasteiger partial charge in [0.05, 0.1) is 20.1 Å². The molecule has 224 valence electrons. The Morgan fingerprint density at radius 1 is 0.421 bits per heavy atom. The molecule has 0 radical (unpaired) electrons. The highest BCUT2D eigenvalue weighted by atomic mass is 35.5. The fourth-order valence-electron chi connectivity index (χ4n) is 5.96. The highest BCUT2D eigenvalue weighted by Gasteiger charge is 2.21. The number of hydrogen-bond acceptors (Lipinski definition) is 0. The van der Waals surface area contributed by atoms with Gasteiger partial charge in [-0.05, 0) is 25.7 Å². The Morgan fingerprint density at radius 3 is 1.03 bits per heavy atom. The third-order valence-corrected chi connectivity index (χ3v) is 8.51. The predicted molar refractivity (Wildman–Crippen MR) is 168 cm³/mol. The molecule has 1 aromatic rings. The van der Waals surface area contributed by atoms with Gasteiger partial charge in [0.15, 0.2) is 0 Å². The van der Waals surface area contributed by atoms with Crippen molar-refractivity contribution in [2.75, 3.05) is 20.1 Å². The van der Waals surface area contributed by atoms with Crippen LogP contribution < -0.4 is 12.4 Å². The van der Waals surface area contributed by atoms with Crippen molar-refractivity contribution in [1.29, 1.82) is 0 Å². The summed E-state index contributed by atoms with van der Waals surface area (Å²) < 4.78 is 1.24. The van der Waals surface area contributed by atoms with Gasteiger partial charge in [-0.2, -0.15) is 0 Å². The maximum Gasteiger partial charge on any atom is 0.104 e. The minimum atomic E-state index is 0. The van der Waals surface area contributed by atoms with Crippen LogP contribution in [0.2, 0.25) is 0 Å². The molecular formula is C36H68ClN. The zero-order valence-corrected chi connectivity index (χ0v) is 27.1. The van der Waals surface area contributed by atoms with E-state index in [-0.39, 0.29) is 12.4 Å². The Bertz CT molecular complexity index is 544. The third-order valence-electron chi connectivity index (χ3n) is 8.51. The van der Waals surface area contributed by atoms with E-state index in [2.05, 4.69) is 51.2 Å². The lowest BCUT2D eigenvalue weighted by Crippen LogP contribution is -3.00. The van der Waals surface area contributed by atoms with Crippen LogP contribution in [0.15, 0.2) is 30.3 Å². The molecule has 0 aliphatic heterocycles. The Morgan fingerprint density at radius 2 is 0.711 bits per heavy atom. The molecular weight excluding hydrogens is 482 g/mol. The summed E-state index contributed by atoms with van der Waals surface area (Å²) in [4.78, 5) is 0. The lowest BCUT2D eigenvalue weighted by atomic mass is 10.0. The van der Waals surface area contributed by atoms with E-state index in [1.807, 2.05) is 0 Å². The van der Waals surface area contributed by atoms with E-state index >= 15 is 0 Å². The van der Waals surface area contributed by atoms with Crippen LogP contribution in [0.4, 0.5) is 0 Å². The summed E-state index contributed by atoms with van der Waals surface area (Å²) in [6.45, 7) is 8.52. The van der Waals surface area contributed by atoms with E-state index in [1.165, 1.54) is 184 Å². The summed E-state index contributed by atoms with van der Waals surface area (Å²) in [5.74, 6) is 0. The molecule has 1 aromatic carbocycles. The molecule has 0 bridgehead atoms. The Hall–Kier alpha value is -0.530. The number of nitrogens with zero attached hydrogens (tertiary/aromatic N) is 1. The van der Waals surface area contributed by atoms with Crippen LogP contribution in [-0.2, 0) is 6.54 Å². The number of halogens is 1. The minimum absolute atomic E-state index is 0. The number of hydrogen-bond donors (Lipinski definition) is 0. The Balaban J connectivity index is 0.0000137. The van der Waals surface area contributed by atoms with Gasteiger partial charge < -0.3 is 16.9 Å². The van der Waals surface area contributed by atoms with E-state index in [9.17, 15) is 0 Å². The van der Waals surface area contributed by atoms with Crippen molar-refractivity contribution in [3.63, 3.8) is 0 Å². The summed E-state index contributed by atoms with van der Waals surface area (Å²) in [6, 6.07) is 11.3. The maximum atomic E-state index is 2.53. The largest absolute Gasteiger partial charge is 1.00 e. The molecule has 0 aliphatic carbocycles. The van der Waals surface area contributed by atoms with Gasteiger partial charge in [0, 0.05) is 5.56 Å². The fourth-order valence-corrected chi connectivity index (χ4v) is 5.96. The minimum Gasteiger partial charge on any atom is -1.00 e. The van der Waals surface area contributed by atoms with Gasteiger partial charge in [0.1, 0.15) is 6.54 Å². The van der Waals surface area contributed by atoms with E-state index in [0.29, 0.717) is 0 Å². The molecule has 0 N–H and O–H groups in total. The molecule has 0 aromatic heterocycles. The SMILES string of the molecule is CCCCCCCCCCCCCC[N+](C)(CCCCCCCCCCCCCC)Cc1ccccc1.[Cl-]. The van der Waals surface area contributed by atoms with Crippen LogP contribution in [0.3, 0.4) is 0 Å². The topological polar surface area (TPSA) is 0 Å². The number of benzene rings is 1. The van der Waals surface area contributed by atoms with Crippen molar-refractivity contribution in [1.82, 2.24) is 0 Å². The standard InChI is InChI=1S/C36H68N.ClH/c1-4-6-8-10-12-14-16-18-20-22-24-29-33-37(3,35-36-31-27-26-28-32-36)34-30-25-23-21-19-17-15-13-11-9-7-5-2;/h26-28,31-32H,4-25,29-30,33-35H2,1-3H3;1H/q+1;/p-1. The number of rotatable bonds is 28. The van der Waals surface area contributed by atoms with Crippen LogP contribution >= 0.6 is 0 Å². The molecule has 0 heterocycles. The van der Waals surface area contributed by atoms with Gasteiger partial charge in [-0.15, -0.1) is 0 Å². The monoisotopic (exact) mass is 550 g/mol. The van der Waals surface area contributed by atoms with E-state index < -0.39 is 0 Å². The second-order valence-corrected chi connectivity index (χ2v) is 12.5. The molecule has 1 rings (SSSR count). The Kier molecular flexibility index (Phi) is 27.6. The first-order valence-electron chi connectivity index (χ1n) is 17.1. The average molecular weight is 550 g/mol. The molecule has 0 saturated heterocycles. The van der Waals surface area contributed by atoms with Gasteiger partial charge in [-0.1, -0.05) is 173 Å². The molecule has 0 spiro atoms. The molecule has 0 fully saturated rings. The first-order chi connectivity index (χ1) is 18.2.